The number of hydrogen-bond donors (Lipinski definition) is 1. The molecule has 0 unspecified atom stereocenters. The number of pyridine rings is 1. The van der Waals surface area contributed by atoms with Gasteiger partial charge in [-0.05, 0) is 18.6 Å². The van der Waals surface area contributed by atoms with Gasteiger partial charge in [0, 0.05) is 31.0 Å². The molecule has 0 saturated carbocycles. The van der Waals surface area contributed by atoms with Gasteiger partial charge in [-0.1, -0.05) is 0 Å². The fourth-order valence-corrected chi connectivity index (χ4v) is 2.17. The third-order valence-electron chi connectivity index (χ3n) is 3.03. The molecule has 2 aromatic heterocycles. The summed E-state index contributed by atoms with van der Waals surface area (Å²) in [4.78, 5) is 8.58. The zero-order valence-corrected chi connectivity index (χ0v) is 9.27. The molecular formula is C12H14N4. The van der Waals surface area contributed by atoms with Crippen LogP contribution in [0.4, 0.5) is 0 Å². The van der Waals surface area contributed by atoms with Crippen molar-refractivity contribution >= 4 is 0 Å². The Morgan fingerprint density at radius 2 is 2.31 bits per heavy atom. The number of hydrogen-bond acceptors (Lipinski definition) is 3. The quantitative estimate of drug-likeness (QED) is 0.779. The molecule has 16 heavy (non-hydrogen) atoms. The maximum atomic E-state index is 4.45. The lowest BCUT2D eigenvalue weighted by molar-refractivity contribution is 0.508. The molecule has 0 spiro atoms. The molecule has 2 aromatic rings. The molecule has 0 aliphatic carbocycles. The Bertz CT molecular complexity index is 515. The molecular weight excluding hydrogens is 200 g/mol. The Kier molecular flexibility index (Phi) is 2.22. The van der Waals surface area contributed by atoms with Gasteiger partial charge in [0.15, 0.2) is 0 Å². The number of fused-ring (bicyclic) bond motifs is 1. The molecule has 0 saturated heterocycles. The summed E-state index contributed by atoms with van der Waals surface area (Å²) in [5, 5.41) is 3.32. The highest BCUT2D eigenvalue weighted by Gasteiger charge is 2.15. The first-order chi connectivity index (χ1) is 7.86. The maximum Gasteiger partial charge on any atom is 0.123 e. The standard InChI is InChI=1S/C12H14N4/c1-9-6-13-3-2-10(9)11-7-15-12-8-14-4-5-16(11)12/h2-3,6-7,14H,4-5,8H2,1H3. The minimum absolute atomic E-state index is 0.865. The third-order valence-corrected chi connectivity index (χ3v) is 3.03. The van der Waals surface area contributed by atoms with Crippen LogP contribution in [0, 0.1) is 6.92 Å². The molecule has 4 nitrogen and oxygen atoms in total. The molecule has 3 rings (SSSR count). The van der Waals surface area contributed by atoms with Gasteiger partial charge >= 0.3 is 0 Å². The predicted octanol–water partition coefficient (Wildman–Crippen LogP) is 1.36. The van der Waals surface area contributed by atoms with Crippen LogP contribution in [0.2, 0.25) is 0 Å². The molecule has 3 heterocycles. The van der Waals surface area contributed by atoms with Crippen LogP contribution in [0.1, 0.15) is 11.4 Å². The molecule has 1 N–H and O–H groups in total. The van der Waals surface area contributed by atoms with Crippen molar-refractivity contribution in [3.63, 3.8) is 0 Å². The Hall–Kier alpha value is -1.68. The van der Waals surface area contributed by atoms with E-state index in [0.29, 0.717) is 0 Å². The van der Waals surface area contributed by atoms with E-state index in [1.54, 1.807) is 0 Å². The lowest BCUT2D eigenvalue weighted by Crippen LogP contribution is -2.28. The number of nitrogens with one attached hydrogen (secondary N) is 1. The first kappa shape index (κ1) is 9.54. The zero-order chi connectivity index (χ0) is 11.0. The highest BCUT2D eigenvalue weighted by molar-refractivity contribution is 5.62. The van der Waals surface area contributed by atoms with Crippen LogP contribution in [0.25, 0.3) is 11.3 Å². The van der Waals surface area contributed by atoms with Gasteiger partial charge in [0.2, 0.25) is 0 Å². The van der Waals surface area contributed by atoms with Gasteiger partial charge < -0.3 is 9.88 Å². The number of nitrogens with zero attached hydrogens (tertiary/aromatic N) is 3. The number of aromatic nitrogens is 3. The summed E-state index contributed by atoms with van der Waals surface area (Å²) in [6, 6.07) is 2.06. The van der Waals surface area contributed by atoms with Crippen LogP contribution in [0.15, 0.2) is 24.7 Å². The summed E-state index contributed by atoms with van der Waals surface area (Å²) in [5.74, 6) is 1.12. The highest BCUT2D eigenvalue weighted by Crippen LogP contribution is 2.24. The minimum Gasteiger partial charge on any atom is -0.326 e. The summed E-state index contributed by atoms with van der Waals surface area (Å²) in [5.41, 5.74) is 3.63. The van der Waals surface area contributed by atoms with Crippen molar-refractivity contribution in [1.29, 1.82) is 0 Å². The van der Waals surface area contributed by atoms with Crippen molar-refractivity contribution in [3.05, 3.63) is 36.0 Å². The van der Waals surface area contributed by atoms with E-state index < -0.39 is 0 Å². The van der Waals surface area contributed by atoms with Crippen molar-refractivity contribution in [1.82, 2.24) is 19.9 Å². The van der Waals surface area contributed by atoms with Gasteiger partial charge in [0.1, 0.15) is 5.82 Å². The molecule has 0 atom stereocenters. The Morgan fingerprint density at radius 1 is 1.38 bits per heavy atom. The van der Waals surface area contributed by atoms with Crippen molar-refractivity contribution < 1.29 is 0 Å². The number of rotatable bonds is 1. The third kappa shape index (κ3) is 1.42. The average molecular weight is 214 g/mol. The fourth-order valence-electron chi connectivity index (χ4n) is 2.17. The molecule has 0 amide bonds. The first-order valence-electron chi connectivity index (χ1n) is 5.52. The van der Waals surface area contributed by atoms with Crippen LogP contribution in [-0.2, 0) is 13.1 Å². The predicted molar refractivity (Wildman–Crippen MR) is 61.9 cm³/mol. The summed E-state index contributed by atoms with van der Waals surface area (Å²) < 4.78 is 2.29. The Balaban J connectivity index is 2.13. The monoisotopic (exact) mass is 214 g/mol. The van der Waals surface area contributed by atoms with Gasteiger partial charge in [0.25, 0.3) is 0 Å². The van der Waals surface area contributed by atoms with Gasteiger partial charge in [0.05, 0.1) is 18.4 Å². The van der Waals surface area contributed by atoms with Crippen LogP contribution in [-0.4, -0.2) is 21.1 Å². The Morgan fingerprint density at radius 3 is 3.19 bits per heavy atom. The lowest BCUT2D eigenvalue weighted by Gasteiger charge is -2.18. The Labute approximate surface area is 94.4 Å². The second-order valence-corrected chi connectivity index (χ2v) is 4.08. The molecule has 82 valence electrons. The summed E-state index contributed by atoms with van der Waals surface area (Å²) in [6.07, 6.45) is 5.70. The molecule has 0 radical (unpaired) electrons. The molecule has 0 fully saturated rings. The second kappa shape index (κ2) is 3.72. The van der Waals surface area contributed by atoms with E-state index in [1.165, 1.54) is 16.8 Å². The van der Waals surface area contributed by atoms with Crippen molar-refractivity contribution in [3.8, 4) is 11.3 Å². The highest BCUT2D eigenvalue weighted by atomic mass is 15.2. The summed E-state index contributed by atoms with van der Waals surface area (Å²) >= 11 is 0. The van der Waals surface area contributed by atoms with Crippen molar-refractivity contribution in [2.75, 3.05) is 6.54 Å². The van der Waals surface area contributed by atoms with E-state index in [2.05, 4.69) is 32.8 Å². The average Bonchev–Trinajstić information content (AvgIpc) is 2.74. The number of imidazole rings is 1. The van der Waals surface area contributed by atoms with E-state index in [-0.39, 0.29) is 0 Å². The fraction of sp³-hybridized carbons (Fsp3) is 0.333. The second-order valence-electron chi connectivity index (χ2n) is 4.08. The van der Waals surface area contributed by atoms with Crippen LogP contribution in [0.3, 0.4) is 0 Å². The van der Waals surface area contributed by atoms with Crippen LogP contribution in [0.5, 0.6) is 0 Å². The van der Waals surface area contributed by atoms with Gasteiger partial charge in [-0.3, -0.25) is 4.98 Å². The zero-order valence-electron chi connectivity index (χ0n) is 9.27. The van der Waals surface area contributed by atoms with E-state index in [9.17, 15) is 0 Å². The smallest absolute Gasteiger partial charge is 0.123 e. The summed E-state index contributed by atoms with van der Waals surface area (Å²) in [7, 11) is 0. The minimum atomic E-state index is 0.865. The van der Waals surface area contributed by atoms with Gasteiger partial charge in [-0.15, -0.1) is 0 Å². The number of aryl methyl sites for hydroxylation is 1. The first-order valence-corrected chi connectivity index (χ1v) is 5.52. The summed E-state index contributed by atoms with van der Waals surface area (Å²) in [6.45, 7) is 4.96. The van der Waals surface area contributed by atoms with E-state index in [1.807, 2.05) is 18.6 Å². The normalized spacial score (nSPS) is 14.8. The maximum absolute atomic E-state index is 4.45. The van der Waals surface area contributed by atoms with Crippen LogP contribution < -0.4 is 5.32 Å². The van der Waals surface area contributed by atoms with Gasteiger partial charge in [-0.2, -0.15) is 0 Å². The SMILES string of the molecule is Cc1cnccc1-c1cnc2n1CCNC2. The lowest BCUT2D eigenvalue weighted by atomic mass is 10.1. The van der Waals surface area contributed by atoms with Crippen molar-refractivity contribution in [2.24, 2.45) is 0 Å². The van der Waals surface area contributed by atoms with E-state index in [4.69, 9.17) is 0 Å². The van der Waals surface area contributed by atoms with Crippen LogP contribution >= 0.6 is 0 Å². The molecule has 4 heteroatoms. The molecule has 1 aliphatic heterocycles. The van der Waals surface area contributed by atoms with Gasteiger partial charge in [-0.25, -0.2) is 4.98 Å². The van der Waals surface area contributed by atoms with E-state index >= 15 is 0 Å². The molecule has 0 bridgehead atoms. The largest absolute Gasteiger partial charge is 0.326 e. The van der Waals surface area contributed by atoms with Crippen molar-refractivity contribution in [2.45, 2.75) is 20.0 Å². The molecule has 1 aliphatic rings. The molecule has 0 aromatic carbocycles. The van der Waals surface area contributed by atoms with E-state index in [0.717, 1.165) is 25.5 Å². The topological polar surface area (TPSA) is 42.7 Å².